The molecule has 24 heavy (non-hydrogen) atoms. The van der Waals surface area contributed by atoms with Gasteiger partial charge in [-0.3, -0.25) is 0 Å². The molecule has 0 aromatic heterocycles. The molecule has 0 saturated carbocycles. The Morgan fingerprint density at radius 2 is 0.833 bits per heavy atom. The van der Waals surface area contributed by atoms with Crippen molar-refractivity contribution in [2.45, 2.75) is 12.1 Å². The van der Waals surface area contributed by atoms with E-state index < -0.39 is 0 Å². The number of rotatable bonds is 3. The minimum Gasteiger partial charge on any atom is -0.322 e. The third-order valence-corrected chi connectivity index (χ3v) is 4.75. The fourth-order valence-corrected chi connectivity index (χ4v) is 3.47. The van der Waals surface area contributed by atoms with Gasteiger partial charge in [-0.15, -0.1) is 0 Å². The monoisotopic (exact) mass is 312 g/mol. The number of fused-ring (bicyclic) bond motifs is 2. The van der Waals surface area contributed by atoms with Crippen LogP contribution in [0.15, 0.2) is 84.9 Å². The molecule has 0 fully saturated rings. The topological polar surface area (TPSA) is 52.0 Å². The van der Waals surface area contributed by atoms with Crippen molar-refractivity contribution >= 4 is 21.5 Å². The Labute approximate surface area is 141 Å². The third kappa shape index (κ3) is 2.46. The molecule has 2 nitrogen and oxygen atoms in total. The van der Waals surface area contributed by atoms with Crippen LogP contribution in [-0.4, -0.2) is 0 Å². The van der Waals surface area contributed by atoms with Gasteiger partial charge in [0.2, 0.25) is 0 Å². The average Bonchev–Trinajstić information content (AvgIpc) is 2.66. The Balaban J connectivity index is 1.82. The maximum atomic E-state index is 6.60. The van der Waals surface area contributed by atoms with Crippen LogP contribution in [0.1, 0.15) is 23.2 Å². The van der Waals surface area contributed by atoms with Gasteiger partial charge in [-0.1, -0.05) is 84.9 Å². The largest absolute Gasteiger partial charge is 0.322 e. The molecule has 0 aliphatic heterocycles. The number of hydrogen-bond donors (Lipinski definition) is 2. The Hall–Kier alpha value is -2.68. The van der Waals surface area contributed by atoms with Crippen LogP contribution in [0, 0.1) is 0 Å². The molecular weight excluding hydrogens is 292 g/mol. The highest BCUT2D eigenvalue weighted by molar-refractivity contribution is 5.88. The molecule has 4 aromatic rings. The minimum atomic E-state index is -0.262. The highest BCUT2D eigenvalue weighted by atomic mass is 14.8. The van der Waals surface area contributed by atoms with E-state index in [0.717, 1.165) is 11.1 Å². The molecule has 0 spiro atoms. The molecule has 0 saturated heterocycles. The smallest absolute Gasteiger partial charge is 0.0497 e. The summed E-state index contributed by atoms with van der Waals surface area (Å²) in [5, 5.41) is 4.72. The summed E-state index contributed by atoms with van der Waals surface area (Å²) < 4.78 is 0. The second kappa shape index (κ2) is 6.08. The first-order valence-corrected chi connectivity index (χ1v) is 8.22. The van der Waals surface area contributed by atoms with Crippen molar-refractivity contribution in [3.8, 4) is 0 Å². The zero-order chi connectivity index (χ0) is 16.5. The molecule has 4 aromatic carbocycles. The average molecular weight is 312 g/mol. The Morgan fingerprint density at radius 3 is 1.29 bits per heavy atom. The quantitative estimate of drug-likeness (QED) is 0.576. The van der Waals surface area contributed by atoms with Gasteiger partial charge < -0.3 is 11.5 Å². The van der Waals surface area contributed by atoms with Gasteiger partial charge in [-0.2, -0.15) is 0 Å². The van der Waals surface area contributed by atoms with E-state index in [0.29, 0.717) is 0 Å². The summed E-state index contributed by atoms with van der Waals surface area (Å²) in [6.45, 7) is 0. The molecule has 2 atom stereocenters. The van der Waals surface area contributed by atoms with Crippen molar-refractivity contribution in [2.24, 2.45) is 11.5 Å². The van der Waals surface area contributed by atoms with E-state index in [2.05, 4.69) is 48.5 Å². The van der Waals surface area contributed by atoms with Crippen molar-refractivity contribution in [2.75, 3.05) is 0 Å². The molecule has 0 unspecified atom stereocenters. The fourth-order valence-electron chi connectivity index (χ4n) is 3.47. The van der Waals surface area contributed by atoms with E-state index in [1.807, 2.05) is 36.4 Å². The molecule has 4 rings (SSSR count). The van der Waals surface area contributed by atoms with Crippen molar-refractivity contribution in [1.29, 1.82) is 0 Å². The lowest BCUT2D eigenvalue weighted by molar-refractivity contribution is 0.581. The van der Waals surface area contributed by atoms with Crippen molar-refractivity contribution in [3.05, 3.63) is 96.1 Å². The lowest BCUT2D eigenvalue weighted by Gasteiger charge is -2.23. The zero-order valence-corrected chi connectivity index (χ0v) is 13.4. The van der Waals surface area contributed by atoms with Crippen molar-refractivity contribution in [3.63, 3.8) is 0 Å². The predicted molar refractivity (Wildman–Crippen MR) is 102 cm³/mol. The number of benzene rings is 4. The SMILES string of the molecule is N[C@@H](c1cccc2ccccc12)[C@@H](N)c1cccc2ccccc12. The van der Waals surface area contributed by atoms with Gasteiger partial charge in [0.05, 0.1) is 0 Å². The summed E-state index contributed by atoms with van der Waals surface area (Å²) in [6.07, 6.45) is 0. The molecule has 0 amide bonds. The second-order valence-corrected chi connectivity index (χ2v) is 6.19. The minimum absolute atomic E-state index is 0.262. The first-order chi connectivity index (χ1) is 11.8. The lowest BCUT2D eigenvalue weighted by atomic mass is 9.89. The van der Waals surface area contributed by atoms with Gasteiger partial charge in [-0.05, 0) is 32.7 Å². The molecular formula is C22H20N2. The van der Waals surface area contributed by atoms with Crippen LogP contribution in [0.25, 0.3) is 21.5 Å². The summed E-state index contributed by atoms with van der Waals surface area (Å²) in [4.78, 5) is 0. The summed E-state index contributed by atoms with van der Waals surface area (Å²) in [5.41, 5.74) is 15.4. The predicted octanol–water partition coefficient (Wildman–Crippen LogP) is 4.69. The molecule has 0 radical (unpaired) electrons. The van der Waals surface area contributed by atoms with Crippen LogP contribution in [-0.2, 0) is 0 Å². The van der Waals surface area contributed by atoms with Crippen LogP contribution >= 0.6 is 0 Å². The van der Waals surface area contributed by atoms with Gasteiger partial charge in [0.25, 0.3) is 0 Å². The Bertz CT molecular complexity index is 913. The van der Waals surface area contributed by atoms with E-state index in [-0.39, 0.29) is 12.1 Å². The number of nitrogens with two attached hydrogens (primary N) is 2. The first-order valence-electron chi connectivity index (χ1n) is 8.22. The van der Waals surface area contributed by atoms with Crippen molar-refractivity contribution < 1.29 is 0 Å². The normalized spacial score (nSPS) is 13.9. The summed E-state index contributed by atoms with van der Waals surface area (Å²) in [6, 6.07) is 28.6. The van der Waals surface area contributed by atoms with Crippen molar-refractivity contribution in [1.82, 2.24) is 0 Å². The van der Waals surface area contributed by atoms with Crippen LogP contribution in [0.5, 0.6) is 0 Å². The van der Waals surface area contributed by atoms with Gasteiger partial charge in [0.15, 0.2) is 0 Å². The third-order valence-electron chi connectivity index (χ3n) is 4.75. The molecule has 4 N–H and O–H groups in total. The molecule has 0 aliphatic rings. The highest BCUT2D eigenvalue weighted by Gasteiger charge is 2.20. The van der Waals surface area contributed by atoms with Crippen LogP contribution < -0.4 is 11.5 Å². The standard InChI is InChI=1S/C22H20N2/c23-21(19-13-5-9-15-7-1-3-11-17(15)19)22(24)20-14-6-10-16-8-2-4-12-18(16)20/h1-14,21-22H,23-24H2/t21-,22-/m0/s1. The van der Waals surface area contributed by atoms with E-state index in [4.69, 9.17) is 11.5 Å². The fraction of sp³-hybridized carbons (Fsp3) is 0.0909. The maximum absolute atomic E-state index is 6.60. The molecule has 118 valence electrons. The van der Waals surface area contributed by atoms with E-state index in [1.54, 1.807) is 0 Å². The van der Waals surface area contributed by atoms with E-state index in [1.165, 1.54) is 21.5 Å². The maximum Gasteiger partial charge on any atom is 0.0497 e. The van der Waals surface area contributed by atoms with Crippen LogP contribution in [0.4, 0.5) is 0 Å². The lowest BCUT2D eigenvalue weighted by Crippen LogP contribution is -2.26. The molecule has 0 bridgehead atoms. The number of hydrogen-bond acceptors (Lipinski definition) is 2. The highest BCUT2D eigenvalue weighted by Crippen LogP contribution is 2.33. The van der Waals surface area contributed by atoms with Gasteiger partial charge in [0, 0.05) is 12.1 Å². The molecule has 2 heteroatoms. The second-order valence-electron chi connectivity index (χ2n) is 6.19. The van der Waals surface area contributed by atoms with E-state index in [9.17, 15) is 0 Å². The summed E-state index contributed by atoms with van der Waals surface area (Å²) >= 11 is 0. The first kappa shape index (κ1) is 14.9. The van der Waals surface area contributed by atoms with Gasteiger partial charge >= 0.3 is 0 Å². The Kier molecular flexibility index (Phi) is 3.77. The van der Waals surface area contributed by atoms with E-state index >= 15 is 0 Å². The van der Waals surface area contributed by atoms with Crippen LogP contribution in [0.2, 0.25) is 0 Å². The summed E-state index contributed by atoms with van der Waals surface area (Å²) in [7, 11) is 0. The van der Waals surface area contributed by atoms with Gasteiger partial charge in [0.1, 0.15) is 0 Å². The zero-order valence-electron chi connectivity index (χ0n) is 13.4. The van der Waals surface area contributed by atoms with Gasteiger partial charge in [-0.25, -0.2) is 0 Å². The Morgan fingerprint density at radius 1 is 0.458 bits per heavy atom. The molecule has 0 heterocycles. The molecule has 0 aliphatic carbocycles. The summed E-state index contributed by atoms with van der Waals surface area (Å²) in [5.74, 6) is 0. The van der Waals surface area contributed by atoms with Crippen LogP contribution in [0.3, 0.4) is 0 Å².